The largest absolute Gasteiger partial charge is 0.379 e. The molecule has 3 aromatic carbocycles. The van der Waals surface area contributed by atoms with Gasteiger partial charge in [0.05, 0.1) is 24.8 Å². The van der Waals surface area contributed by atoms with E-state index in [0.717, 1.165) is 66.6 Å². The summed E-state index contributed by atoms with van der Waals surface area (Å²) in [5, 5.41) is 4.71. The zero-order chi connectivity index (χ0) is 23.3. The summed E-state index contributed by atoms with van der Waals surface area (Å²) in [6, 6.07) is 27.5. The molecule has 2 heterocycles. The molecule has 1 saturated heterocycles. The van der Waals surface area contributed by atoms with Crippen LogP contribution in [-0.2, 0) is 4.74 Å². The van der Waals surface area contributed by atoms with Gasteiger partial charge in [-0.1, -0.05) is 42.5 Å². The standard InChI is InChI=1S/C28H31N5O/c1-32(2)23-14-12-22(13-15-23)27-30-25-11-7-6-10-24(25)28(31-27)29-20-26(21-8-4-3-5-9-21)33-16-18-34-19-17-33/h3-15,26H,16-20H2,1-2H3,(H,29,30,31). The summed E-state index contributed by atoms with van der Waals surface area (Å²) in [6.45, 7) is 4.15. The van der Waals surface area contributed by atoms with E-state index in [-0.39, 0.29) is 6.04 Å². The van der Waals surface area contributed by atoms with Crippen LogP contribution in [0.2, 0.25) is 0 Å². The van der Waals surface area contributed by atoms with Crippen LogP contribution in [0.4, 0.5) is 11.5 Å². The fourth-order valence-corrected chi connectivity index (χ4v) is 4.46. The van der Waals surface area contributed by atoms with Crippen LogP contribution < -0.4 is 10.2 Å². The highest BCUT2D eigenvalue weighted by Crippen LogP contribution is 2.28. The smallest absolute Gasteiger partial charge is 0.162 e. The first kappa shape index (κ1) is 22.3. The van der Waals surface area contributed by atoms with Crippen molar-refractivity contribution in [3.05, 3.63) is 84.4 Å². The first-order chi connectivity index (χ1) is 16.7. The molecule has 4 aromatic rings. The van der Waals surface area contributed by atoms with Crippen molar-refractivity contribution in [3.8, 4) is 11.4 Å². The third-order valence-corrected chi connectivity index (χ3v) is 6.38. The number of ether oxygens (including phenoxy) is 1. The molecule has 34 heavy (non-hydrogen) atoms. The van der Waals surface area contributed by atoms with Crippen molar-refractivity contribution in [1.82, 2.24) is 14.9 Å². The number of nitrogens with zero attached hydrogens (tertiary/aromatic N) is 4. The van der Waals surface area contributed by atoms with Crippen LogP contribution in [-0.4, -0.2) is 61.8 Å². The Balaban J connectivity index is 1.47. The van der Waals surface area contributed by atoms with Gasteiger partial charge in [-0.15, -0.1) is 0 Å². The third kappa shape index (κ3) is 4.88. The molecule has 1 aliphatic rings. The highest BCUT2D eigenvalue weighted by atomic mass is 16.5. The second-order valence-corrected chi connectivity index (χ2v) is 8.81. The molecule has 1 N–H and O–H groups in total. The van der Waals surface area contributed by atoms with Crippen molar-refractivity contribution in [2.24, 2.45) is 0 Å². The van der Waals surface area contributed by atoms with E-state index in [9.17, 15) is 0 Å². The lowest BCUT2D eigenvalue weighted by atomic mass is 10.0. The predicted octanol–water partition coefficient (Wildman–Crippen LogP) is 4.85. The normalized spacial score (nSPS) is 15.2. The number of para-hydroxylation sites is 1. The molecule has 0 aliphatic carbocycles. The number of fused-ring (bicyclic) bond motifs is 1. The van der Waals surface area contributed by atoms with Gasteiger partial charge in [0.1, 0.15) is 5.82 Å². The summed E-state index contributed by atoms with van der Waals surface area (Å²) >= 11 is 0. The van der Waals surface area contributed by atoms with E-state index in [1.165, 1.54) is 5.56 Å². The van der Waals surface area contributed by atoms with Crippen LogP contribution in [0.3, 0.4) is 0 Å². The minimum Gasteiger partial charge on any atom is -0.379 e. The molecular weight excluding hydrogens is 422 g/mol. The summed E-state index contributed by atoms with van der Waals surface area (Å²) in [7, 11) is 4.09. The molecular formula is C28H31N5O. The Bertz CT molecular complexity index is 1220. The van der Waals surface area contributed by atoms with Crippen LogP contribution in [0.25, 0.3) is 22.3 Å². The zero-order valence-corrected chi connectivity index (χ0v) is 19.8. The van der Waals surface area contributed by atoms with E-state index in [1.807, 2.05) is 26.2 Å². The van der Waals surface area contributed by atoms with Crippen LogP contribution in [0.5, 0.6) is 0 Å². The topological polar surface area (TPSA) is 53.5 Å². The maximum absolute atomic E-state index is 5.61. The third-order valence-electron chi connectivity index (χ3n) is 6.38. The summed E-state index contributed by atoms with van der Waals surface area (Å²) in [5.41, 5.74) is 4.40. The van der Waals surface area contributed by atoms with E-state index in [1.54, 1.807) is 0 Å². The molecule has 6 nitrogen and oxygen atoms in total. The Labute approximate surface area is 201 Å². The molecule has 5 rings (SSSR count). The van der Waals surface area contributed by atoms with E-state index in [4.69, 9.17) is 14.7 Å². The first-order valence-corrected chi connectivity index (χ1v) is 11.8. The first-order valence-electron chi connectivity index (χ1n) is 11.8. The van der Waals surface area contributed by atoms with Gasteiger partial charge >= 0.3 is 0 Å². The van der Waals surface area contributed by atoms with Crippen molar-refractivity contribution in [1.29, 1.82) is 0 Å². The number of hydrogen-bond acceptors (Lipinski definition) is 6. The van der Waals surface area contributed by atoms with Crippen LogP contribution in [0, 0.1) is 0 Å². The van der Waals surface area contributed by atoms with Gasteiger partial charge in [-0.2, -0.15) is 0 Å². The van der Waals surface area contributed by atoms with Crippen molar-refractivity contribution < 1.29 is 4.74 Å². The number of nitrogens with one attached hydrogen (secondary N) is 1. The molecule has 6 heteroatoms. The molecule has 0 spiro atoms. The maximum Gasteiger partial charge on any atom is 0.162 e. The van der Waals surface area contributed by atoms with Gasteiger partial charge in [0.15, 0.2) is 5.82 Å². The molecule has 0 bridgehead atoms. The monoisotopic (exact) mass is 453 g/mol. The minimum absolute atomic E-state index is 0.238. The van der Waals surface area contributed by atoms with Crippen LogP contribution >= 0.6 is 0 Å². The summed E-state index contributed by atoms with van der Waals surface area (Å²) in [6.07, 6.45) is 0. The van der Waals surface area contributed by atoms with E-state index in [2.05, 4.69) is 81.8 Å². The lowest BCUT2D eigenvalue weighted by Crippen LogP contribution is -2.41. The molecule has 1 aromatic heterocycles. The Morgan fingerprint density at radius 1 is 0.882 bits per heavy atom. The van der Waals surface area contributed by atoms with Gasteiger partial charge in [0, 0.05) is 50.4 Å². The maximum atomic E-state index is 5.61. The van der Waals surface area contributed by atoms with Crippen LogP contribution in [0.1, 0.15) is 11.6 Å². The Kier molecular flexibility index (Phi) is 6.70. The number of morpholine rings is 1. The molecule has 1 unspecified atom stereocenters. The molecule has 1 aliphatic heterocycles. The number of rotatable bonds is 7. The average Bonchev–Trinajstić information content (AvgIpc) is 2.90. The lowest BCUT2D eigenvalue weighted by Gasteiger charge is -2.35. The number of benzene rings is 3. The fourth-order valence-electron chi connectivity index (χ4n) is 4.46. The minimum atomic E-state index is 0.238. The summed E-state index contributed by atoms with van der Waals surface area (Å²) in [4.78, 5) is 14.4. The van der Waals surface area contributed by atoms with Crippen molar-refractivity contribution in [3.63, 3.8) is 0 Å². The van der Waals surface area contributed by atoms with Gasteiger partial charge in [0.2, 0.25) is 0 Å². The predicted molar refractivity (Wildman–Crippen MR) is 139 cm³/mol. The lowest BCUT2D eigenvalue weighted by molar-refractivity contribution is 0.0187. The molecule has 0 amide bonds. The van der Waals surface area contributed by atoms with Crippen molar-refractivity contribution >= 4 is 22.4 Å². The fraction of sp³-hybridized carbons (Fsp3) is 0.286. The molecule has 0 saturated carbocycles. The SMILES string of the molecule is CN(C)c1ccc(-c2nc(NCC(c3ccccc3)N3CCOCC3)c3ccccc3n2)cc1. The Hall–Kier alpha value is -3.48. The summed E-state index contributed by atoms with van der Waals surface area (Å²) < 4.78 is 5.61. The highest BCUT2D eigenvalue weighted by Gasteiger charge is 2.23. The number of aromatic nitrogens is 2. The van der Waals surface area contributed by atoms with E-state index in [0.29, 0.717) is 0 Å². The quantitative estimate of drug-likeness (QED) is 0.432. The van der Waals surface area contributed by atoms with Gasteiger partial charge < -0.3 is 15.0 Å². The highest BCUT2D eigenvalue weighted by molar-refractivity contribution is 5.90. The van der Waals surface area contributed by atoms with Crippen molar-refractivity contribution in [2.75, 3.05) is 57.2 Å². The Morgan fingerprint density at radius 3 is 2.32 bits per heavy atom. The molecule has 174 valence electrons. The number of anilines is 2. The van der Waals surface area contributed by atoms with Crippen molar-refractivity contribution in [2.45, 2.75) is 6.04 Å². The van der Waals surface area contributed by atoms with Gasteiger partial charge in [-0.3, -0.25) is 4.90 Å². The van der Waals surface area contributed by atoms with Crippen LogP contribution in [0.15, 0.2) is 78.9 Å². The number of hydrogen-bond donors (Lipinski definition) is 1. The second-order valence-electron chi connectivity index (χ2n) is 8.81. The van der Waals surface area contributed by atoms with Gasteiger partial charge in [-0.05, 0) is 42.0 Å². The molecule has 0 radical (unpaired) electrons. The zero-order valence-electron chi connectivity index (χ0n) is 19.8. The van der Waals surface area contributed by atoms with Gasteiger partial charge in [0.25, 0.3) is 0 Å². The summed E-state index contributed by atoms with van der Waals surface area (Å²) in [5.74, 6) is 1.60. The Morgan fingerprint density at radius 2 is 1.59 bits per heavy atom. The molecule has 1 atom stereocenters. The second kappa shape index (κ2) is 10.2. The average molecular weight is 454 g/mol. The van der Waals surface area contributed by atoms with E-state index < -0.39 is 0 Å². The van der Waals surface area contributed by atoms with Gasteiger partial charge in [-0.25, -0.2) is 9.97 Å². The van der Waals surface area contributed by atoms with E-state index >= 15 is 0 Å². The molecule has 1 fully saturated rings.